The number of carboxylic acids is 1. The second-order valence-corrected chi connectivity index (χ2v) is 6.09. The molecule has 2 aromatic rings. The number of amides is 1. The van der Waals surface area contributed by atoms with Crippen LogP contribution in [0.1, 0.15) is 29.2 Å². The van der Waals surface area contributed by atoms with Crippen LogP contribution in [0.15, 0.2) is 48.7 Å². The number of aliphatic carboxylic acids is 1. The summed E-state index contributed by atoms with van der Waals surface area (Å²) < 4.78 is 0. The Hall–Kier alpha value is -1.05. The molecular weight excluding hydrogens is 343 g/mol. The molecule has 0 radical (unpaired) electrons. The number of fused-ring (bicyclic) bond motifs is 1. The van der Waals surface area contributed by atoms with Crippen molar-refractivity contribution in [3.63, 3.8) is 0 Å². The minimum absolute atomic E-state index is 0. The maximum absolute atomic E-state index is 12.4. The van der Waals surface area contributed by atoms with E-state index < -0.39 is 11.9 Å². The molecule has 0 aliphatic heterocycles. The smallest absolute Gasteiger partial charge is 0.550 e. The molecule has 0 spiro atoms. The molecule has 0 bridgehead atoms. The molecule has 1 N–H and O–H groups in total. The van der Waals surface area contributed by atoms with Crippen LogP contribution >= 0.6 is 0 Å². The number of carboxylic acid groups (broad SMARTS) is 1. The standard InChI is InChI=1S/C19H20N2O3.K/c22-18(16-9-8-14-7-4-10-20-17(14)16)21-12-15(19(23)24)11-13-5-2-1-3-6-13;/h1-7,10,15-16H,8-9,11-12H2,(H,21,22)(H,23,24);/q;+1/p-1. The Balaban J connectivity index is 0.00000225. The number of pyridine rings is 1. The van der Waals surface area contributed by atoms with Crippen molar-refractivity contribution in [3.8, 4) is 0 Å². The summed E-state index contributed by atoms with van der Waals surface area (Å²) in [6, 6.07) is 13.2. The van der Waals surface area contributed by atoms with Crippen molar-refractivity contribution in [2.24, 2.45) is 5.92 Å². The molecule has 1 aromatic carbocycles. The number of nitrogens with zero attached hydrogens (tertiary/aromatic N) is 1. The predicted molar refractivity (Wildman–Crippen MR) is 87.0 cm³/mol. The number of hydrogen-bond acceptors (Lipinski definition) is 4. The van der Waals surface area contributed by atoms with Gasteiger partial charge in [0.25, 0.3) is 0 Å². The molecule has 5 nitrogen and oxygen atoms in total. The first-order chi connectivity index (χ1) is 11.6. The summed E-state index contributed by atoms with van der Waals surface area (Å²) in [6.07, 6.45) is 3.56. The number of carbonyl (C=O) groups excluding carboxylic acids is 2. The molecule has 2 atom stereocenters. The van der Waals surface area contributed by atoms with E-state index in [1.807, 2.05) is 42.5 Å². The number of hydrogen-bond donors (Lipinski definition) is 1. The van der Waals surface area contributed by atoms with Gasteiger partial charge in [-0.2, -0.15) is 0 Å². The van der Waals surface area contributed by atoms with E-state index in [4.69, 9.17) is 0 Å². The summed E-state index contributed by atoms with van der Waals surface area (Å²) in [7, 11) is 0. The van der Waals surface area contributed by atoms with Crippen LogP contribution in [0.4, 0.5) is 0 Å². The fourth-order valence-electron chi connectivity index (χ4n) is 3.15. The summed E-state index contributed by atoms with van der Waals surface area (Å²) in [5.41, 5.74) is 2.82. The van der Waals surface area contributed by atoms with Crippen LogP contribution in [0.25, 0.3) is 0 Å². The van der Waals surface area contributed by atoms with Gasteiger partial charge in [-0.25, -0.2) is 0 Å². The zero-order valence-corrected chi connectivity index (χ0v) is 17.4. The van der Waals surface area contributed by atoms with Crippen LogP contribution < -0.4 is 61.8 Å². The molecular formula is C19H19KN2O3. The quantitative estimate of drug-likeness (QED) is 0.594. The Labute approximate surface area is 189 Å². The van der Waals surface area contributed by atoms with Crippen LogP contribution in [0, 0.1) is 5.92 Å². The van der Waals surface area contributed by atoms with E-state index in [0.717, 1.165) is 23.2 Å². The molecule has 124 valence electrons. The monoisotopic (exact) mass is 362 g/mol. The van der Waals surface area contributed by atoms with Gasteiger partial charge in [0.05, 0.1) is 11.6 Å². The van der Waals surface area contributed by atoms with Gasteiger partial charge in [-0.1, -0.05) is 36.4 Å². The van der Waals surface area contributed by atoms with Gasteiger partial charge in [0.15, 0.2) is 0 Å². The van der Waals surface area contributed by atoms with E-state index in [0.29, 0.717) is 12.8 Å². The van der Waals surface area contributed by atoms with Gasteiger partial charge in [0, 0.05) is 24.6 Å². The maximum atomic E-state index is 12.4. The summed E-state index contributed by atoms with van der Waals surface area (Å²) in [5, 5.41) is 14.1. The molecule has 1 aliphatic carbocycles. The average molecular weight is 362 g/mol. The third-order valence-electron chi connectivity index (χ3n) is 4.46. The van der Waals surface area contributed by atoms with E-state index in [1.165, 1.54) is 0 Å². The fourth-order valence-corrected chi connectivity index (χ4v) is 3.15. The topological polar surface area (TPSA) is 82.1 Å². The Bertz CT molecular complexity index is 736. The van der Waals surface area contributed by atoms with Crippen molar-refractivity contribution in [1.29, 1.82) is 0 Å². The van der Waals surface area contributed by atoms with Crippen molar-refractivity contribution in [2.75, 3.05) is 6.54 Å². The van der Waals surface area contributed by atoms with E-state index >= 15 is 0 Å². The predicted octanol–water partition coefficient (Wildman–Crippen LogP) is -2.16. The van der Waals surface area contributed by atoms with Crippen LogP contribution in [-0.4, -0.2) is 23.4 Å². The van der Waals surface area contributed by atoms with E-state index in [2.05, 4.69) is 10.3 Å². The third kappa shape index (κ3) is 5.21. The van der Waals surface area contributed by atoms with Crippen LogP contribution in [0.2, 0.25) is 0 Å². The van der Waals surface area contributed by atoms with Gasteiger partial charge in [-0.15, -0.1) is 0 Å². The molecule has 1 aliphatic rings. The van der Waals surface area contributed by atoms with Crippen LogP contribution in [0.5, 0.6) is 0 Å². The van der Waals surface area contributed by atoms with E-state index in [9.17, 15) is 14.7 Å². The number of nitrogens with one attached hydrogen (secondary N) is 1. The van der Waals surface area contributed by atoms with Crippen molar-refractivity contribution in [3.05, 3.63) is 65.5 Å². The first-order valence-electron chi connectivity index (χ1n) is 8.11. The molecule has 1 amide bonds. The Morgan fingerprint density at radius 2 is 1.96 bits per heavy atom. The fraction of sp³-hybridized carbons (Fsp3) is 0.316. The first kappa shape index (κ1) is 20.3. The molecule has 6 heteroatoms. The first-order valence-corrected chi connectivity index (χ1v) is 8.11. The van der Waals surface area contributed by atoms with Gasteiger partial charge in [0.1, 0.15) is 0 Å². The zero-order chi connectivity index (χ0) is 16.9. The van der Waals surface area contributed by atoms with Crippen molar-refractivity contribution < 1.29 is 66.1 Å². The minimum Gasteiger partial charge on any atom is -0.550 e. The SMILES string of the molecule is O=C([O-])C(CNC(=O)C1CCc2cccnc21)Cc1ccccc1.[K+]. The van der Waals surface area contributed by atoms with Gasteiger partial charge >= 0.3 is 51.4 Å². The molecule has 0 fully saturated rings. The van der Waals surface area contributed by atoms with E-state index in [1.54, 1.807) is 6.20 Å². The van der Waals surface area contributed by atoms with Gasteiger partial charge in [-0.3, -0.25) is 9.78 Å². The molecule has 0 saturated carbocycles. The number of rotatable bonds is 6. The van der Waals surface area contributed by atoms with Gasteiger partial charge in [0.2, 0.25) is 5.91 Å². The molecule has 0 saturated heterocycles. The Morgan fingerprint density at radius 1 is 1.20 bits per heavy atom. The molecule has 1 heterocycles. The second-order valence-electron chi connectivity index (χ2n) is 6.09. The summed E-state index contributed by atoms with van der Waals surface area (Å²) in [5.74, 6) is -2.35. The normalized spacial score (nSPS) is 16.4. The van der Waals surface area contributed by atoms with Crippen LogP contribution in [-0.2, 0) is 22.4 Å². The van der Waals surface area contributed by atoms with Crippen molar-refractivity contribution in [2.45, 2.75) is 25.2 Å². The zero-order valence-electron chi connectivity index (χ0n) is 14.3. The number of benzene rings is 1. The molecule has 2 unspecified atom stereocenters. The summed E-state index contributed by atoms with van der Waals surface area (Å²) in [4.78, 5) is 28.1. The van der Waals surface area contributed by atoms with Gasteiger partial charge in [-0.05, 0) is 36.5 Å². The summed E-state index contributed by atoms with van der Waals surface area (Å²) >= 11 is 0. The molecule has 25 heavy (non-hydrogen) atoms. The van der Waals surface area contributed by atoms with E-state index in [-0.39, 0.29) is 69.8 Å². The van der Waals surface area contributed by atoms with Crippen molar-refractivity contribution in [1.82, 2.24) is 10.3 Å². The Kier molecular flexibility index (Phi) is 7.77. The van der Waals surface area contributed by atoms with Gasteiger partial charge < -0.3 is 15.2 Å². The molecule has 1 aromatic heterocycles. The average Bonchev–Trinajstić information content (AvgIpc) is 3.03. The summed E-state index contributed by atoms with van der Waals surface area (Å²) in [6.45, 7) is 0.0642. The second kappa shape index (κ2) is 9.59. The van der Waals surface area contributed by atoms with Crippen LogP contribution in [0.3, 0.4) is 0 Å². The number of carbonyl (C=O) groups is 2. The maximum Gasteiger partial charge on any atom is 1.00 e. The van der Waals surface area contributed by atoms with Crippen molar-refractivity contribution >= 4 is 11.9 Å². The minimum atomic E-state index is -1.15. The number of aromatic nitrogens is 1. The molecule has 3 rings (SSSR count). The Morgan fingerprint density at radius 3 is 2.68 bits per heavy atom. The number of aryl methyl sites for hydroxylation is 1. The largest absolute Gasteiger partial charge is 1.00 e. The third-order valence-corrected chi connectivity index (χ3v) is 4.46.